The molecule has 0 amide bonds. The van der Waals surface area contributed by atoms with Crippen molar-refractivity contribution >= 4 is 0 Å². The van der Waals surface area contributed by atoms with Crippen molar-refractivity contribution in [3.05, 3.63) is 0 Å². The third kappa shape index (κ3) is 7.07. The average Bonchev–Trinajstić information content (AvgIpc) is 3.77. The Kier molecular flexibility index (Phi) is 12.2. The summed E-state index contributed by atoms with van der Waals surface area (Å²) in [4.78, 5) is 0. The Morgan fingerprint density at radius 3 is 1.22 bits per heavy atom. The van der Waals surface area contributed by atoms with Gasteiger partial charge in [-0.05, 0) is 0 Å². The van der Waals surface area contributed by atoms with E-state index in [4.69, 9.17) is 42.6 Å². The van der Waals surface area contributed by atoms with E-state index in [1.807, 2.05) is 0 Å². The molecular weight excluding hydrogens is 636 g/mol. The molecule has 5 fully saturated rings. The summed E-state index contributed by atoms with van der Waals surface area (Å²) in [6.07, 6.45) is -29.7. The summed E-state index contributed by atoms with van der Waals surface area (Å²) in [6.45, 7) is -3.22. The van der Waals surface area contributed by atoms with Crippen LogP contribution in [0.25, 0.3) is 0 Å². The fourth-order valence-electron chi connectivity index (χ4n) is 5.87. The first kappa shape index (κ1) is 36.4. The predicted molar refractivity (Wildman–Crippen MR) is 136 cm³/mol. The number of hydrogen-bond donors (Lipinski definition) is 12. The molecule has 5 aliphatic rings. The van der Waals surface area contributed by atoms with E-state index in [-0.39, 0.29) is 0 Å². The van der Waals surface area contributed by atoms with E-state index in [1.165, 1.54) is 0 Å². The normalized spacial score (nSPS) is 52.7. The topological polar surface area (TPSA) is 326 Å². The molecule has 46 heavy (non-hydrogen) atoms. The van der Waals surface area contributed by atoms with E-state index in [2.05, 4.69) is 0 Å². The Labute approximate surface area is 260 Å². The highest BCUT2D eigenvalue weighted by atomic mass is 16.8. The van der Waals surface area contributed by atoms with E-state index in [0.29, 0.717) is 0 Å². The van der Waals surface area contributed by atoms with Crippen LogP contribution < -0.4 is 0 Å². The third-order valence-electron chi connectivity index (χ3n) is 8.55. The van der Waals surface area contributed by atoms with Crippen molar-refractivity contribution in [1.29, 1.82) is 0 Å². The first-order valence-corrected chi connectivity index (χ1v) is 14.7. The summed E-state index contributed by atoms with van der Waals surface area (Å²) >= 11 is 0. The van der Waals surface area contributed by atoms with Crippen molar-refractivity contribution in [3.63, 3.8) is 0 Å². The van der Waals surface area contributed by atoms with Gasteiger partial charge in [0.2, 0.25) is 0 Å². The smallest absolute Gasteiger partial charge is 0.187 e. The van der Waals surface area contributed by atoms with Crippen molar-refractivity contribution in [1.82, 2.24) is 0 Å². The molecule has 0 saturated carbocycles. The average molecular weight is 679 g/mol. The highest BCUT2D eigenvalue weighted by Gasteiger charge is 2.55. The fourth-order valence-corrected chi connectivity index (χ4v) is 5.87. The Morgan fingerprint density at radius 1 is 0.370 bits per heavy atom. The van der Waals surface area contributed by atoms with Gasteiger partial charge in [0.1, 0.15) is 91.6 Å². The van der Waals surface area contributed by atoms with Crippen molar-refractivity contribution in [2.45, 2.75) is 123 Å². The number of rotatable bonds is 13. The monoisotopic (exact) mass is 678 g/mol. The lowest BCUT2D eigenvalue weighted by Crippen LogP contribution is -2.47. The largest absolute Gasteiger partial charge is 0.394 e. The molecule has 21 heteroatoms. The molecule has 5 heterocycles. The molecule has 0 spiro atoms. The lowest BCUT2D eigenvalue weighted by molar-refractivity contribution is -0.270. The lowest BCUT2D eigenvalue weighted by atomic mass is 10.1. The van der Waals surface area contributed by atoms with Gasteiger partial charge >= 0.3 is 0 Å². The van der Waals surface area contributed by atoms with Crippen LogP contribution in [-0.4, -0.2) is 217 Å². The Bertz CT molecular complexity index is 965. The van der Waals surface area contributed by atoms with E-state index in [9.17, 15) is 61.3 Å². The molecule has 0 aromatic rings. The van der Waals surface area contributed by atoms with Gasteiger partial charge in [0.25, 0.3) is 0 Å². The predicted octanol–water partition coefficient (Wildman–Crippen LogP) is -8.73. The zero-order chi connectivity index (χ0) is 33.4. The number of ether oxygens (including phenoxy) is 9. The molecule has 5 aliphatic heterocycles. The van der Waals surface area contributed by atoms with Gasteiger partial charge in [-0.3, -0.25) is 0 Å². The molecule has 5 rings (SSSR count). The Morgan fingerprint density at radius 2 is 0.761 bits per heavy atom. The molecule has 20 atom stereocenters. The van der Waals surface area contributed by atoms with Crippen LogP contribution in [-0.2, 0) is 42.6 Å². The summed E-state index contributed by atoms with van der Waals surface area (Å²) in [5.74, 6) is 0. The molecule has 0 radical (unpaired) electrons. The van der Waals surface area contributed by atoms with Gasteiger partial charge in [-0.25, -0.2) is 0 Å². The Hall–Kier alpha value is -0.840. The highest BCUT2D eigenvalue weighted by molar-refractivity contribution is 4.96. The number of aliphatic hydroxyl groups excluding tert-OH is 12. The molecule has 0 aromatic heterocycles. The van der Waals surface area contributed by atoms with Gasteiger partial charge in [0, 0.05) is 0 Å². The van der Waals surface area contributed by atoms with Gasteiger partial charge in [0.05, 0.1) is 33.0 Å². The summed E-state index contributed by atoms with van der Waals surface area (Å²) in [5.41, 5.74) is 0. The van der Waals surface area contributed by atoms with Crippen molar-refractivity contribution in [3.8, 4) is 0 Å². The van der Waals surface area contributed by atoms with E-state index >= 15 is 0 Å². The molecule has 5 saturated heterocycles. The summed E-state index contributed by atoms with van der Waals surface area (Å²) in [5, 5.41) is 121. The van der Waals surface area contributed by atoms with Crippen LogP contribution in [0, 0.1) is 0 Å². The molecule has 268 valence electrons. The van der Waals surface area contributed by atoms with E-state index in [1.54, 1.807) is 0 Å². The van der Waals surface area contributed by atoms with E-state index < -0.39 is 156 Å². The third-order valence-corrected chi connectivity index (χ3v) is 8.55. The standard InChI is InChI=1S/C25H42O21/c26-1-6-11(30)15(34)22(40-6)45-19-13(32)8(3-28)42-24(19)38-5-10-18(17(36)21(37)39-10)44-25-20(14(33)9(4-29)43-25)46-23-16(35)12(31)7(2-27)41-23/h6-37H,1-5H2/t6-,7-,8-,9-,10-,11-,12-,13-,14-,15+,16+,17+,18-,19+,20+,21+,22+,23+,24+,25-/m1/s1. The summed E-state index contributed by atoms with van der Waals surface area (Å²) in [6, 6.07) is 0. The maximum Gasteiger partial charge on any atom is 0.187 e. The van der Waals surface area contributed by atoms with Crippen molar-refractivity contribution in [2.75, 3.05) is 33.0 Å². The van der Waals surface area contributed by atoms with E-state index in [0.717, 1.165) is 0 Å². The summed E-state index contributed by atoms with van der Waals surface area (Å²) < 4.78 is 49.7. The highest BCUT2D eigenvalue weighted by Crippen LogP contribution is 2.35. The minimum Gasteiger partial charge on any atom is -0.394 e. The maximum atomic E-state index is 10.7. The minimum atomic E-state index is -1.82. The van der Waals surface area contributed by atoms with Gasteiger partial charge < -0.3 is 104 Å². The van der Waals surface area contributed by atoms with Crippen LogP contribution in [0.1, 0.15) is 0 Å². The molecule has 0 unspecified atom stereocenters. The molecule has 0 aromatic carbocycles. The van der Waals surface area contributed by atoms with Crippen LogP contribution in [0.3, 0.4) is 0 Å². The van der Waals surface area contributed by atoms with Gasteiger partial charge in [-0.1, -0.05) is 0 Å². The van der Waals surface area contributed by atoms with Gasteiger partial charge in [0.15, 0.2) is 31.5 Å². The molecule has 12 N–H and O–H groups in total. The second-order valence-electron chi connectivity index (χ2n) is 11.5. The van der Waals surface area contributed by atoms with Gasteiger partial charge in [-0.2, -0.15) is 0 Å². The maximum absolute atomic E-state index is 10.7. The fraction of sp³-hybridized carbons (Fsp3) is 1.00. The van der Waals surface area contributed by atoms with Crippen LogP contribution in [0.2, 0.25) is 0 Å². The first-order chi connectivity index (χ1) is 21.9. The zero-order valence-electron chi connectivity index (χ0n) is 24.1. The lowest BCUT2D eigenvalue weighted by Gasteiger charge is -2.30. The molecule has 0 aliphatic carbocycles. The second-order valence-corrected chi connectivity index (χ2v) is 11.5. The quantitative estimate of drug-likeness (QED) is 0.0860. The van der Waals surface area contributed by atoms with Gasteiger partial charge in [-0.15, -0.1) is 0 Å². The van der Waals surface area contributed by atoms with Crippen LogP contribution >= 0.6 is 0 Å². The molecule has 0 bridgehead atoms. The minimum absolute atomic E-state index is 0.538. The Balaban J connectivity index is 1.25. The summed E-state index contributed by atoms with van der Waals surface area (Å²) in [7, 11) is 0. The second kappa shape index (κ2) is 15.4. The molecular formula is C25H42O21. The molecule has 21 nitrogen and oxygen atoms in total. The van der Waals surface area contributed by atoms with Crippen molar-refractivity contribution in [2.24, 2.45) is 0 Å². The SMILES string of the molecule is OC[C@H]1O[C@@H](O[C@@H]2[C@@H](OC[C@H]3O[C@H](O)[C@@H](O)[C@@H]3O[C@H]3O[C@H](CO)[C@@H](O)[C@@H]3O[C@@H]3O[C@H](CO)[C@@H](O)[C@@H]3O)O[C@H](CO)[C@H]2O)[C@@H](O)[C@@H]1O. The van der Waals surface area contributed by atoms with Crippen molar-refractivity contribution < 1.29 is 104 Å². The number of aliphatic hydroxyl groups is 12. The first-order valence-electron chi connectivity index (χ1n) is 14.7. The van der Waals surface area contributed by atoms with Crippen LogP contribution in [0.4, 0.5) is 0 Å². The van der Waals surface area contributed by atoms with Crippen LogP contribution in [0.15, 0.2) is 0 Å². The zero-order valence-corrected chi connectivity index (χ0v) is 24.1. The number of hydrogen-bond acceptors (Lipinski definition) is 21. The van der Waals surface area contributed by atoms with Crippen LogP contribution in [0.5, 0.6) is 0 Å².